The largest absolute Gasteiger partial charge is 0.351 e. The normalized spacial score (nSPS) is 19.9. The van der Waals surface area contributed by atoms with Crippen LogP contribution in [0.3, 0.4) is 0 Å². The van der Waals surface area contributed by atoms with Gasteiger partial charge in [-0.2, -0.15) is 0 Å². The molecule has 1 unspecified atom stereocenters. The quantitative estimate of drug-likeness (QED) is 0.896. The molecule has 0 spiro atoms. The van der Waals surface area contributed by atoms with Crippen LogP contribution in [0.4, 0.5) is 0 Å². The van der Waals surface area contributed by atoms with Crippen LogP contribution in [0.15, 0.2) is 6.07 Å². The molecule has 0 bridgehead atoms. The first-order chi connectivity index (χ1) is 9.41. The minimum atomic E-state index is -0.297. The SMILES string of the molecule is Cc1cc(CNC(=O)C(C)(C)C2CCCNC2)sc1C. The van der Waals surface area contributed by atoms with E-state index in [1.807, 2.05) is 0 Å². The molecule has 112 valence electrons. The van der Waals surface area contributed by atoms with Gasteiger partial charge in [0.2, 0.25) is 5.91 Å². The Bertz CT molecular complexity index is 453. The lowest BCUT2D eigenvalue weighted by Crippen LogP contribution is -2.47. The van der Waals surface area contributed by atoms with E-state index >= 15 is 0 Å². The van der Waals surface area contributed by atoms with Crippen molar-refractivity contribution < 1.29 is 4.79 Å². The fraction of sp³-hybridized carbons (Fsp3) is 0.688. The summed E-state index contributed by atoms with van der Waals surface area (Å²) in [5.41, 5.74) is 1.02. The van der Waals surface area contributed by atoms with Crippen LogP contribution < -0.4 is 10.6 Å². The zero-order valence-corrected chi connectivity index (χ0v) is 13.8. The molecule has 1 amide bonds. The van der Waals surface area contributed by atoms with Gasteiger partial charge in [0, 0.05) is 15.2 Å². The summed E-state index contributed by atoms with van der Waals surface area (Å²) in [6, 6.07) is 2.18. The molecule has 1 aromatic rings. The Kier molecular flexibility index (Phi) is 4.86. The summed E-state index contributed by atoms with van der Waals surface area (Å²) in [6.07, 6.45) is 2.31. The number of carbonyl (C=O) groups excluding carboxylic acids is 1. The van der Waals surface area contributed by atoms with Crippen molar-refractivity contribution in [2.75, 3.05) is 13.1 Å². The molecule has 4 heteroatoms. The summed E-state index contributed by atoms with van der Waals surface area (Å²) >= 11 is 1.78. The molecule has 1 atom stereocenters. The second-order valence-electron chi connectivity index (χ2n) is 6.40. The van der Waals surface area contributed by atoms with Gasteiger partial charge in [0.1, 0.15) is 0 Å². The first kappa shape index (κ1) is 15.5. The van der Waals surface area contributed by atoms with E-state index in [0.29, 0.717) is 12.5 Å². The van der Waals surface area contributed by atoms with Crippen molar-refractivity contribution in [3.8, 4) is 0 Å². The Hall–Kier alpha value is -0.870. The fourth-order valence-corrected chi connectivity index (χ4v) is 3.78. The van der Waals surface area contributed by atoms with Crippen molar-refractivity contribution in [3.05, 3.63) is 21.4 Å². The van der Waals surface area contributed by atoms with Gasteiger partial charge >= 0.3 is 0 Å². The third-order valence-corrected chi connectivity index (χ3v) is 5.70. The van der Waals surface area contributed by atoms with Crippen LogP contribution >= 0.6 is 11.3 Å². The molecule has 0 aliphatic carbocycles. The van der Waals surface area contributed by atoms with Gasteiger partial charge in [-0.25, -0.2) is 0 Å². The average molecular weight is 294 g/mol. The maximum Gasteiger partial charge on any atom is 0.226 e. The van der Waals surface area contributed by atoms with Gasteiger partial charge in [-0.1, -0.05) is 13.8 Å². The van der Waals surface area contributed by atoms with Crippen LogP contribution in [0, 0.1) is 25.2 Å². The Balaban J connectivity index is 1.92. The fourth-order valence-electron chi connectivity index (χ4n) is 2.79. The number of rotatable bonds is 4. The second kappa shape index (κ2) is 6.27. The van der Waals surface area contributed by atoms with Gasteiger partial charge in [0.05, 0.1) is 6.54 Å². The average Bonchev–Trinajstić information content (AvgIpc) is 2.76. The van der Waals surface area contributed by atoms with Crippen LogP contribution in [0.1, 0.15) is 42.0 Å². The highest BCUT2D eigenvalue weighted by Crippen LogP contribution is 2.32. The summed E-state index contributed by atoms with van der Waals surface area (Å²) in [4.78, 5) is 15.1. The lowest BCUT2D eigenvalue weighted by atomic mass is 9.74. The number of amides is 1. The van der Waals surface area contributed by atoms with Crippen LogP contribution in [-0.4, -0.2) is 19.0 Å². The summed E-state index contributed by atoms with van der Waals surface area (Å²) in [7, 11) is 0. The van der Waals surface area contributed by atoms with Crippen LogP contribution in [0.5, 0.6) is 0 Å². The Labute approximate surface area is 126 Å². The molecule has 2 N–H and O–H groups in total. The zero-order chi connectivity index (χ0) is 14.8. The van der Waals surface area contributed by atoms with Gasteiger partial charge in [-0.15, -0.1) is 11.3 Å². The number of aryl methyl sites for hydroxylation is 2. The molecule has 3 nitrogen and oxygen atoms in total. The maximum absolute atomic E-state index is 12.5. The number of hydrogen-bond donors (Lipinski definition) is 2. The van der Waals surface area contributed by atoms with E-state index in [-0.39, 0.29) is 11.3 Å². The maximum atomic E-state index is 12.5. The standard InChI is InChI=1S/C16H26N2OS/c1-11-8-14(20-12(11)2)10-18-15(19)16(3,4)13-6-5-7-17-9-13/h8,13,17H,5-7,9-10H2,1-4H3,(H,18,19). The highest BCUT2D eigenvalue weighted by Gasteiger charge is 2.37. The first-order valence-corrected chi connectivity index (χ1v) is 8.28. The highest BCUT2D eigenvalue weighted by molar-refractivity contribution is 7.12. The molecule has 1 fully saturated rings. The van der Waals surface area contributed by atoms with Crippen LogP contribution in [0.2, 0.25) is 0 Å². The minimum Gasteiger partial charge on any atom is -0.351 e. The lowest BCUT2D eigenvalue weighted by molar-refractivity contribution is -0.132. The van der Waals surface area contributed by atoms with E-state index in [4.69, 9.17) is 0 Å². The highest BCUT2D eigenvalue weighted by atomic mass is 32.1. The van der Waals surface area contributed by atoms with Crippen molar-refractivity contribution >= 4 is 17.2 Å². The van der Waals surface area contributed by atoms with Crippen molar-refractivity contribution in [1.82, 2.24) is 10.6 Å². The van der Waals surface area contributed by atoms with E-state index in [2.05, 4.69) is 44.4 Å². The van der Waals surface area contributed by atoms with Crippen LogP contribution in [-0.2, 0) is 11.3 Å². The molecule has 1 aliphatic heterocycles. The first-order valence-electron chi connectivity index (χ1n) is 7.46. The van der Waals surface area contributed by atoms with Crippen molar-refractivity contribution in [3.63, 3.8) is 0 Å². The number of nitrogens with one attached hydrogen (secondary N) is 2. The van der Waals surface area contributed by atoms with E-state index in [1.54, 1.807) is 11.3 Å². The lowest BCUT2D eigenvalue weighted by Gasteiger charge is -2.36. The summed E-state index contributed by atoms with van der Waals surface area (Å²) in [5.74, 6) is 0.609. The molecule has 20 heavy (non-hydrogen) atoms. The number of carbonyl (C=O) groups is 1. The third-order valence-electron chi connectivity index (χ3n) is 4.54. The Morgan fingerprint density at radius 1 is 1.50 bits per heavy atom. The van der Waals surface area contributed by atoms with Gasteiger partial charge in [0.15, 0.2) is 0 Å². The van der Waals surface area contributed by atoms with Gasteiger partial charge in [-0.3, -0.25) is 4.79 Å². The summed E-state index contributed by atoms with van der Waals surface area (Å²) < 4.78 is 0. The predicted molar refractivity (Wildman–Crippen MR) is 85.0 cm³/mol. The van der Waals surface area contributed by atoms with Gasteiger partial charge in [-0.05, 0) is 57.3 Å². The summed E-state index contributed by atoms with van der Waals surface area (Å²) in [6.45, 7) is 11.1. The van der Waals surface area contributed by atoms with E-state index in [1.165, 1.54) is 21.7 Å². The molecule has 1 aromatic heterocycles. The smallest absolute Gasteiger partial charge is 0.226 e. The molecule has 1 aliphatic rings. The van der Waals surface area contributed by atoms with Crippen LogP contribution in [0.25, 0.3) is 0 Å². The van der Waals surface area contributed by atoms with Crippen molar-refractivity contribution in [2.45, 2.75) is 47.1 Å². The van der Waals surface area contributed by atoms with E-state index in [0.717, 1.165) is 19.5 Å². The molecular weight excluding hydrogens is 268 g/mol. The molecule has 0 aromatic carbocycles. The monoisotopic (exact) mass is 294 g/mol. The number of piperidine rings is 1. The molecule has 0 radical (unpaired) electrons. The summed E-state index contributed by atoms with van der Waals surface area (Å²) in [5, 5.41) is 6.52. The van der Waals surface area contributed by atoms with Crippen molar-refractivity contribution in [1.29, 1.82) is 0 Å². The van der Waals surface area contributed by atoms with Gasteiger partial charge in [0.25, 0.3) is 0 Å². The minimum absolute atomic E-state index is 0.176. The van der Waals surface area contributed by atoms with Crippen molar-refractivity contribution in [2.24, 2.45) is 11.3 Å². The predicted octanol–water partition coefficient (Wildman–Crippen LogP) is 3.01. The van der Waals surface area contributed by atoms with E-state index < -0.39 is 0 Å². The molecular formula is C16H26N2OS. The third kappa shape index (κ3) is 3.41. The Morgan fingerprint density at radius 2 is 2.25 bits per heavy atom. The number of thiophene rings is 1. The molecule has 2 heterocycles. The zero-order valence-electron chi connectivity index (χ0n) is 13.0. The molecule has 1 saturated heterocycles. The topological polar surface area (TPSA) is 41.1 Å². The van der Waals surface area contributed by atoms with Gasteiger partial charge < -0.3 is 10.6 Å². The Morgan fingerprint density at radius 3 is 2.80 bits per heavy atom. The molecule has 2 rings (SSSR count). The molecule has 0 saturated carbocycles. The number of hydrogen-bond acceptors (Lipinski definition) is 3. The second-order valence-corrected chi connectivity index (χ2v) is 7.74. The van der Waals surface area contributed by atoms with E-state index in [9.17, 15) is 4.79 Å².